The van der Waals surface area contributed by atoms with Crippen LogP contribution in [0.15, 0.2) is 103 Å². The van der Waals surface area contributed by atoms with Crippen molar-refractivity contribution >= 4 is 11.4 Å². The third-order valence-electron chi connectivity index (χ3n) is 6.48. The number of nitrogens with two attached hydrogens (primary N) is 1. The summed E-state index contributed by atoms with van der Waals surface area (Å²) in [5.41, 5.74) is 9.14. The van der Waals surface area contributed by atoms with Gasteiger partial charge in [0.2, 0.25) is 0 Å². The normalized spacial score (nSPS) is 22.1. The molecule has 0 bridgehead atoms. The van der Waals surface area contributed by atoms with E-state index in [1.807, 2.05) is 42.5 Å². The number of hydrogen-bond acceptors (Lipinski definition) is 8. The fourth-order valence-electron chi connectivity index (χ4n) is 4.55. The summed E-state index contributed by atoms with van der Waals surface area (Å²) in [6.07, 6.45) is 17.4. The third kappa shape index (κ3) is 7.27. The van der Waals surface area contributed by atoms with Gasteiger partial charge < -0.3 is 19.9 Å². The fourth-order valence-corrected chi connectivity index (χ4v) is 4.55. The molecule has 206 valence electrons. The van der Waals surface area contributed by atoms with Gasteiger partial charge in [-0.05, 0) is 31.1 Å². The number of hydrogen-bond donors (Lipinski definition) is 1. The molecule has 0 saturated carbocycles. The van der Waals surface area contributed by atoms with Crippen molar-refractivity contribution in [3.63, 3.8) is 0 Å². The molecule has 0 amide bonds. The zero-order valence-corrected chi connectivity index (χ0v) is 21.8. The van der Waals surface area contributed by atoms with Crippen molar-refractivity contribution < 1.29 is 24.1 Å². The van der Waals surface area contributed by atoms with E-state index in [1.54, 1.807) is 36.6 Å². The lowest BCUT2D eigenvalue weighted by atomic mass is 10.0. The Hall–Kier alpha value is -4.63. The molecule has 2 aromatic carbocycles. The van der Waals surface area contributed by atoms with Gasteiger partial charge in [0.1, 0.15) is 23.2 Å². The SMILES string of the molecule is Nc1ccccc1C1CCCO1.O=[N+]([O-])C1=[C+]C=CC=C1C1CC=CO1.O=[N+]([O-])c1ccccc1C1C=CCO1. The Morgan fingerprint density at radius 3 is 2.33 bits per heavy atom. The maximum atomic E-state index is 10.7. The molecule has 4 aliphatic rings. The Morgan fingerprint density at radius 2 is 1.70 bits per heavy atom. The number of benzene rings is 2. The summed E-state index contributed by atoms with van der Waals surface area (Å²) in [7, 11) is 0. The van der Waals surface area contributed by atoms with E-state index in [2.05, 4.69) is 6.08 Å². The summed E-state index contributed by atoms with van der Waals surface area (Å²) in [4.78, 5) is 20.6. The van der Waals surface area contributed by atoms with Crippen molar-refractivity contribution in [2.75, 3.05) is 18.9 Å². The average molecular weight is 545 g/mol. The van der Waals surface area contributed by atoms with Crippen molar-refractivity contribution in [2.24, 2.45) is 0 Å². The molecule has 0 spiro atoms. The van der Waals surface area contributed by atoms with Gasteiger partial charge >= 0.3 is 5.70 Å². The first-order valence-electron chi connectivity index (χ1n) is 12.9. The first kappa shape index (κ1) is 28.4. The quantitative estimate of drug-likeness (QED) is 0.157. The van der Waals surface area contributed by atoms with Crippen LogP contribution in [-0.4, -0.2) is 29.2 Å². The Bertz CT molecular complexity index is 1350. The first-order chi connectivity index (χ1) is 19.5. The van der Waals surface area contributed by atoms with Gasteiger partial charge in [-0.2, -0.15) is 0 Å². The van der Waals surface area contributed by atoms with Gasteiger partial charge in [0.05, 0.1) is 35.5 Å². The maximum absolute atomic E-state index is 10.7. The number of nitro benzene ring substituents is 1. The molecule has 3 atom stereocenters. The second-order valence-corrected chi connectivity index (χ2v) is 9.09. The number of rotatable bonds is 5. The highest BCUT2D eigenvalue weighted by Crippen LogP contribution is 2.32. The van der Waals surface area contributed by atoms with Crippen molar-refractivity contribution in [3.05, 3.63) is 140 Å². The Morgan fingerprint density at radius 1 is 0.925 bits per heavy atom. The second-order valence-electron chi connectivity index (χ2n) is 9.09. The number of nitrogen functional groups attached to an aromatic ring is 1. The predicted octanol–water partition coefficient (Wildman–Crippen LogP) is 6.09. The highest BCUT2D eigenvalue weighted by Gasteiger charge is 2.36. The van der Waals surface area contributed by atoms with Gasteiger partial charge in [-0.1, -0.05) is 42.5 Å². The zero-order valence-electron chi connectivity index (χ0n) is 21.8. The molecule has 1 fully saturated rings. The molecule has 0 radical (unpaired) electrons. The lowest BCUT2D eigenvalue weighted by molar-refractivity contribution is -0.422. The van der Waals surface area contributed by atoms with Crippen LogP contribution in [0.5, 0.6) is 0 Å². The van der Waals surface area contributed by atoms with Gasteiger partial charge in [-0.3, -0.25) is 20.2 Å². The van der Waals surface area contributed by atoms with Crippen molar-refractivity contribution in [2.45, 2.75) is 37.6 Å². The Balaban J connectivity index is 0.000000139. The van der Waals surface area contributed by atoms with Crippen LogP contribution < -0.4 is 5.73 Å². The van der Waals surface area contributed by atoms with E-state index in [0.29, 0.717) is 24.2 Å². The fraction of sp³-hybridized carbons (Fsp3) is 0.267. The van der Waals surface area contributed by atoms with Crippen LogP contribution in [0.1, 0.15) is 42.6 Å². The van der Waals surface area contributed by atoms with E-state index >= 15 is 0 Å². The van der Waals surface area contributed by atoms with Crippen LogP contribution in [0, 0.1) is 26.3 Å². The van der Waals surface area contributed by atoms with E-state index in [4.69, 9.17) is 19.9 Å². The number of nitrogens with zero attached hydrogens (tertiary/aromatic N) is 2. The molecule has 3 heterocycles. The first-order valence-corrected chi connectivity index (χ1v) is 12.9. The summed E-state index contributed by atoms with van der Waals surface area (Å²) in [6, 6.07) is 14.6. The minimum absolute atomic E-state index is 0.00111. The molecule has 2 N–H and O–H groups in total. The molecule has 3 aliphatic heterocycles. The molecule has 0 aromatic heterocycles. The van der Waals surface area contributed by atoms with Crippen LogP contribution >= 0.6 is 0 Å². The number of anilines is 1. The molecule has 2 aromatic rings. The van der Waals surface area contributed by atoms with E-state index in [9.17, 15) is 20.2 Å². The minimum Gasteiger partial charge on any atom is -0.480 e. The van der Waals surface area contributed by atoms with E-state index in [1.165, 1.54) is 12.1 Å². The Labute approximate surface area is 232 Å². The number of para-hydroxylation sites is 2. The minimum atomic E-state index is -0.434. The number of allylic oxidation sites excluding steroid dienone is 4. The molecular formula is C30H30N3O7+. The molecule has 1 aliphatic carbocycles. The van der Waals surface area contributed by atoms with Crippen molar-refractivity contribution in [3.8, 4) is 0 Å². The van der Waals surface area contributed by atoms with Gasteiger partial charge in [-0.15, -0.1) is 0 Å². The summed E-state index contributed by atoms with van der Waals surface area (Å²) < 4.78 is 16.1. The molecule has 3 unspecified atom stereocenters. The average Bonchev–Trinajstić information content (AvgIpc) is 3.78. The number of ether oxygens (including phenoxy) is 3. The van der Waals surface area contributed by atoms with Gasteiger partial charge in [-0.25, -0.2) is 0 Å². The van der Waals surface area contributed by atoms with E-state index in [-0.39, 0.29) is 34.6 Å². The molecule has 40 heavy (non-hydrogen) atoms. The summed E-state index contributed by atoms with van der Waals surface area (Å²) in [6.45, 7) is 1.40. The van der Waals surface area contributed by atoms with Crippen molar-refractivity contribution in [1.82, 2.24) is 0 Å². The smallest absolute Gasteiger partial charge is 0.434 e. The van der Waals surface area contributed by atoms with Gasteiger partial charge in [0.15, 0.2) is 11.7 Å². The Kier molecular flexibility index (Phi) is 9.90. The van der Waals surface area contributed by atoms with Gasteiger partial charge in [0.25, 0.3) is 5.69 Å². The molecule has 6 rings (SSSR count). The molecule has 10 heteroatoms. The van der Waals surface area contributed by atoms with Crippen molar-refractivity contribution in [1.29, 1.82) is 0 Å². The van der Waals surface area contributed by atoms with Crippen LogP contribution in [0.4, 0.5) is 11.4 Å². The molecule has 1 saturated heterocycles. The van der Waals surface area contributed by atoms with Crippen LogP contribution in [0.25, 0.3) is 0 Å². The number of nitro groups is 2. The summed E-state index contributed by atoms with van der Waals surface area (Å²) in [5.74, 6) is 0. The van der Waals surface area contributed by atoms with Crippen LogP contribution in [-0.2, 0) is 14.2 Å². The standard InChI is InChI=1S/C10H9NO3.C10H8NO3.C10H13NO/c2*12-11(13)9-5-2-1-4-8(9)10-6-3-7-14-10;11-9-5-2-1-4-8(9)10-6-3-7-12-10/h1-6,10H,7H2;1-4,7,10H,6H2;1-2,4-5,10H,3,6-7,11H2/q;+1;. The lowest BCUT2D eigenvalue weighted by Gasteiger charge is -2.11. The van der Waals surface area contributed by atoms with E-state index in [0.717, 1.165) is 30.7 Å². The lowest BCUT2D eigenvalue weighted by Crippen LogP contribution is -2.16. The van der Waals surface area contributed by atoms with Gasteiger partial charge in [0, 0.05) is 36.4 Å². The highest BCUT2D eigenvalue weighted by molar-refractivity contribution is 5.48. The topological polar surface area (TPSA) is 140 Å². The maximum Gasteiger partial charge on any atom is 0.434 e. The molecular weight excluding hydrogens is 514 g/mol. The van der Waals surface area contributed by atoms with Crippen LogP contribution in [0.2, 0.25) is 0 Å². The summed E-state index contributed by atoms with van der Waals surface area (Å²) in [5, 5.41) is 21.4. The predicted molar refractivity (Wildman–Crippen MR) is 149 cm³/mol. The third-order valence-corrected chi connectivity index (χ3v) is 6.48. The summed E-state index contributed by atoms with van der Waals surface area (Å²) >= 11 is 0. The largest absolute Gasteiger partial charge is 0.480 e. The molecule has 10 nitrogen and oxygen atoms in total. The zero-order chi connectivity index (χ0) is 28.3. The highest BCUT2D eigenvalue weighted by atomic mass is 16.6. The van der Waals surface area contributed by atoms with Crippen LogP contribution in [0.3, 0.4) is 0 Å². The second kappa shape index (κ2) is 14.0. The van der Waals surface area contributed by atoms with E-state index < -0.39 is 4.92 Å². The monoisotopic (exact) mass is 544 g/mol.